The van der Waals surface area contributed by atoms with Gasteiger partial charge in [0.25, 0.3) is 11.8 Å². The number of carbonyl (C=O) groups excluding carboxylic acids is 7. The van der Waals surface area contributed by atoms with E-state index in [9.17, 15) is 33.6 Å². The number of nitrogens with one attached hydrogen (secondary N) is 4. The minimum Gasteiger partial charge on any atom is -0.458 e. The van der Waals surface area contributed by atoms with Crippen LogP contribution >= 0.6 is 0 Å². The molecule has 1 aliphatic heterocycles. The molecule has 14 nitrogen and oxygen atoms in total. The number of rotatable bonds is 19. The smallest absolute Gasteiger partial charge is 0.312 e. The van der Waals surface area contributed by atoms with E-state index < -0.39 is 36.0 Å². The summed E-state index contributed by atoms with van der Waals surface area (Å²) < 4.78 is 5.55. The van der Waals surface area contributed by atoms with Crippen LogP contribution in [0.1, 0.15) is 98.2 Å². The molecule has 0 saturated carbocycles. The van der Waals surface area contributed by atoms with E-state index in [2.05, 4.69) is 21.3 Å². The highest BCUT2D eigenvalue weighted by molar-refractivity contribution is 6.12. The van der Waals surface area contributed by atoms with Crippen LogP contribution in [0.25, 0.3) is 0 Å². The molecule has 0 radical (unpaired) electrons. The van der Waals surface area contributed by atoms with E-state index in [4.69, 9.17) is 10.5 Å². The summed E-state index contributed by atoms with van der Waals surface area (Å²) in [6.45, 7) is 11.6. The fourth-order valence-electron chi connectivity index (χ4n) is 5.02. The molecule has 3 atom stereocenters. The molecule has 0 fully saturated rings. The lowest BCUT2D eigenvalue weighted by atomic mass is 9.92. The van der Waals surface area contributed by atoms with Crippen LogP contribution in [-0.2, 0) is 33.5 Å². The topological polar surface area (TPSA) is 206 Å². The maximum atomic E-state index is 13.4. The summed E-state index contributed by atoms with van der Waals surface area (Å²) in [4.78, 5) is 87.4. The number of primary amides is 1. The van der Waals surface area contributed by atoms with Crippen molar-refractivity contribution in [3.8, 4) is 0 Å². The number of unbranched alkanes of at least 4 members (excludes halogenated alkanes) is 2. The zero-order valence-corrected chi connectivity index (χ0v) is 29.4. The molecule has 0 spiro atoms. The highest BCUT2D eigenvalue weighted by Gasteiger charge is 2.29. The zero-order valence-electron chi connectivity index (χ0n) is 29.4. The van der Waals surface area contributed by atoms with Crippen molar-refractivity contribution in [1.29, 1.82) is 0 Å². The number of carbonyl (C=O) groups is 7. The Morgan fingerprint density at radius 2 is 1.49 bits per heavy atom. The molecule has 14 heteroatoms. The molecule has 49 heavy (non-hydrogen) atoms. The fourth-order valence-corrected chi connectivity index (χ4v) is 5.02. The molecule has 2 rings (SSSR count). The van der Waals surface area contributed by atoms with Gasteiger partial charge in [0.1, 0.15) is 18.2 Å². The van der Waals surface area contributed by atoms with Crippen molar-refractivity contribution in [1.82, 2.24) is 20.9 Å². The van der Waals surface area contributed by atoms with E-state index in [0.717, 1.165) is 10.5 Å². The first-order valence-electron chi connectivity index (χ1n) is 16.7. The average molecular weight is 685 g/mol. The molecule has 1 aromatic carbocycles. The summed E-state index contributed by atoms with van der Waals surface area (Å²) in [5.74, 6) is -2.66. The van der Waals surface area contributed by atoms with Gasteiger partial charge in [-0.25, -0.2) is 4.79 Å². The normalized spacial score (nSPS) is 14.6. The molecule has 0 aliphatic carbocycles. The number of hydrogen-bond donors (Lipinski definition) is 5. The van der Waals surface area contributed by atoms with Gasteiger partial charge in [-0.15, -0.1) is 0 Å². The van der Waals surface area contributed by atoms with Crippen molar-refractivity contribution in [3.05, 3.63) is 42.0 Å². The number of nitrogens with zero attached hydrogens (tertiary/aromatic N) is 1. The number of anilines is 1. The summed E-state index contributed by atoms with van der Waals surface area (Å²) in [7, 11) is 0. The van der Waals surface area contributed by atoms with Gasteiger partial charge < -0.3 is 31.7 Å². The van der Waals surface area contributed by atoms with Crippen molar-refractivity contribution in [3.63, 3.8) is 0 Å². The summed E-state index contributed by atoms with van der Waals surface area (Å²) >= 11 is 0. The fraction of sp³-hybridized carbons (Fsp3) is 0.571. The van der Waals surface area contributed by atoms with Crippen LogP contribution in [0, 0.1) is 11.3 Å². The number of nitrogens with two attached hydrogens (primary N) is 1. The Hall–Kier alpha value is -4.75. The summed E-state index contributed by atoms with van der Waals surface area (Å²) in [5, 5.41) is 10.8. The third-order valence-electron chi connectivity index (χ3n) is 7.68. The second kappa shape index (κ2) is 19.3. The number of esters is 1. The third-order valence-corrected chi connectivity index (χ3v) is 7.68. The first kappa shape index (κ1) is 40.4. The second-order valence-electron chi connectivity index (χ2n) is 13.7. The molecule has 1 heterocycles. The van der Waals surface area contributed by atoms with Gasteiger partial charge in [-0.05, 0) is 61.6 Å². The zero-order chi connectivity index (χ0) is 36.7. The van der Waals surface area contributed by atoms with Crippen molar-refractivity contribution in [2.24, 2.45) is 17.1 Å². The van der Waals surface area contributed by atoms with E-state index >= 15 is 0 Å². The van der Waals surface area contributed by atoms with E-state index in [0.29, 0.717) is 31.4 Å². The molecule has 0 aromatic heterocycles. The largest absolute Gasteiger partial charge is 0.458 e. The second-order valence-corrected chi connectivity index (χ2v) is 13.7. The van der Waals surface area contributed by atoms with Crippen LogP contribution in [0.4, 0.5) is 10.5 Å². The highest BCUT2D eigenvalue weighted by atomic mass is 16.5. The summed E-state index contributed by atoms with van der Waals surface area (Å²) in [6.07, 6.45) is 4.55. The lowest BCUT2D eigenvalue weighted by molar-refractivity contribution is -0.150. The Morgan fingerprint density at radius 1 is 0.857 bits per heavy atom. The van der Waals surface area contributed by atoms with Crippen molar-refractivity contribution >= 4 is 47.2 Å². The van der Waals surface area contributed by atoms with Gasteiger partial charge in [-0.3, -0.25) is 33.7 Å². The maximum absolute atomic E-state index is 13.4. The van der Waals surface area contributed by atoms with Crippen LogP contribution in [0.15, 0.2) is 36.4 Å². The molecule has 270 valence electrons. The van der Waals surface area contributed by atoms with Crippen LogP contribution in [0.5, 0.6) is 0 Å². The lowest BCUT2D eigenvalue weighted by Crippen LogP contribution is -2.54. The van der Waals surface area contributed by atoms with Gasteiger partial charge >= 0.3 is 12.0 Å². The van der Waals surface area contributed by atoms with Gasteiger partial charge in [-0.1, -0.05) is 53.2 Å². The Labute approximate surface area is 288 Å². The summed E-state index contributed by atoms with van der Waals surface area (Å²) in [5.41, 5.74) is 6.15. The van der Waals surface area contributed by atoms with E-state index in [-0.39, 0.29) is 67.4 Å². The molecule has 2 unspecified atom stereocenters. The first-order valence-corrected chi connectivity index (χ1v) is 16.7. The maximum Gasteiger partial charge on any atom is 0.312 e. The Morgan fingerprint density at radius 3 is 2.06 bits per heavy atom. The predicted molar refractivity (Wildman–Crippen MR) is 183 cm³/mol. The van der Waals surface area contributed by atoms with Crippen LogP contribution in [-0.4, -0.2) is 71.6 Å². The van der Waals surface area contributed by atoms with Crippen LogP contribution < -0.4 is 27.0 Å². The number of ether oxygens (including phenoxy) is 1. The van der Waals surface area contributed by atoms with Crippen LogP contribution in [0.3, 0.4) is 0 Å². The van der Waals surface area contributed by atoms with Gasteiger partial charge in [0, 0.05) is 37.3 Å². The van der Waals surface area contributed by atoms with E-state index in [1.807, 2.05) is 20.8 Å². The Kier molecular flexibility index (Phi) is 15.9. The highest BCUT2D eigenvalue weighted by Crippen LogP contribution is 2.24. The molecule has 0 bridgehead atoms. The number of amides is 7. The third kappa shape index (κ3) is 14.9. The standard InChI is InChI=1S/C35H52N6O8/c1-22(2)31(40-27(42)12-8-7-9-20-41-28(43)17-18-29(41)44)33(47)39-26(11-10-19-37-34(36)48)32(46)38-25-15-13-24(14-16-25)23(3)49-30(45)21-35(4,5)6/h13-18,22-23,26,31H,7-12,19-21H2,1-6H3,(H,38,46)(H,39,47)(H,40,42)(H3,36,37,48)/t23?,26-,31?/m0/s1. The number of hydrogen-bond acceptors (Lipinski definition) is 8. The van der Waals surface area contributed by atoms with Gasteiger partial charge in [0.2, 0.25) is 17.7 Å². The van der Waals surface area contributed by atoms with Crippen molar-refractivity contribution < 1.29 is 38.3 Å². The lowest BCUT2D eigenvalue weighted by Gasteiger charge is -2.25. The monoisotopic (exact) mass is 684 g/mol. The minimum absolute atomic E-state index is 0.143. The summed E-state index contributed by atoms with van der Waals surface area (Å²) in [6, 6.07) is 4.19. The Balaban J connectivity index is 1.98. The number of imide groups is 1. The molecule has 1 aliphatic rings. The Bertz CT molecular complexity index is 1350. The van der Waals surface area contributed by atoms with E-state index in [1.54, 1.807) is 45.0 Å². The van der Waals surface area contributed by atoms with Gasteiger partial charge in [0.05, 0.1) is 6.42 Å². The average Bonchev–Trinajstić information content (AvgIpc) is 3.32. The molecular formula is C35H52N6O8. The number of urea groups is 1. The first-order chi connectivity index (χ1) is 23.0. The van der Waals surface area contributed by atoms with Crippen molar-refractivity contribution in [2.75, 3.05) is 18.4 Å². The van der Waals surface area contributed by atoms with Gasteiger partial charge in [0.15, 0.2) is 0 Å². The van der Waals surface area contributed by atoms with E-state index in [1.165, 1.54) is 12.2 Å². The number of benzene rings is 1. The quantitative estimate of drug-likeness (QED) is 0.0829. The predicted octanol–water partition coefficient (Wildman–Crippen LogP) is 3.23. The minimum atomic E-state index is -0.997. The molecular weight excluding hydrogens is 632 g/mol. The SMILES string of the molecule is CC(OC(=O)CC(C)(C)C)c1ccc(NC(=O)[C@H](CCCNC(N)=O)NC(=O)C(NC(=O)CCCCCN2C(=O)C=CC2=O)C(C)C)cc1. The van der Waals surface area contributed by atoms with Crippen LogP contribution in [0.2, 0.25) is 0 Å². The van der Waals surface area contributed by atoms with Crippen molar-refractivity contribution in [2.45, 2.75) is 105 Å². The molecule has 1 aromatic rings. The molecule has 0 saturated heterocycles. The molecule has 7 amide bonds. The molecule has 6 N–H and O–H groups in total. The van der Waals surface area contributed by atoms with Gasteiger partial charge in [-0.2, -0.15) is 0 Å².